The normalized spacial score (nSPS) is 22.6. The molecule has 1 spiro atoms. The smallest absolute Gasteiger partial charge is 0.291 e. The van der Waals surface area contributed by atoms with E-state index >= 15 is 0 Å². The molecule has 4 heteroatoms. The van der Waals surface area contributed by atoms with Crippen molar-refractivity contribution in [3.8, 4) is 0 Å². The van der Waals surface area contributed by atoms with Crippen LogP contribution in [0.3, 0.4) is 0 Å². The quantitative estimate of drug-likeness (QED) is 0.494. The Labute approximate surface area is 200 Å². The fourth-order valence-corrected chi connectivity index (χ4v) is 5.38. The maximum atomic E-state index is 13.6. The molecule has 2 fully saturated rings. The lowest BCUT2D eigenvalue weighted by atomic mass is 9.72. The maximum Gasteiger partial charge on any atom is 0.291 e. The first-order valence-corrected chi connectivity index (χ1v) is 11.8. The van der Waals surface area contributed by atoms with Crippen molar-refractivity contribution in [1.29, 1.82) is 0 Å². The van der Waals surface area contributed by atoms with Crippen LogP contribution in [0.1, 0.15) is 41.2 Å². The highest BCUT2D eigenvalue weighted by Gasteiger charge is 2.64. The number of ketones is 1. The second-order valence-electron chi connectivity index (χ2n) is 9.55. The van der Waals surface area contributed by atoms with Crippen LogP contribution >= 0.6 is 0 Å². The van der Waals surface area contributed by atoms with E-state index < -0.39 is 16.9 Å². The minimum atomic E-state index is -1.00. The Morgan fingerprint density at radius 2 is 1.41 bits per heavy atom. The molecule has 2 aliphatic rings. The zero-order valence-corrected chi connectivity index (χ0v) is 19.9. The highest BCUT2D eigenvalue weighted by atomic mass is 16.5. The number of likely N-dealkylation sites (tertiary alicyclic amines) is 1. The zero-order valence-electron chi connectivity index (χ0n) is 19.9. The number of rotatable bonds is 4. The number of amides is 1. The van der Waals surface area contributed by atoms with Crippen LogP contribution < -0.4 is 0 Å². The van der Waals surface area contributed by atoms with Crippen LogP contribution in [0.15, 0.2) is 90.7 Å². The molecular weight excluding hydrogens is 422 g/mol. The lowest BCUT2D eigenvalue weighted by molar-refractivity contribution is -0.142. The van der Waals surface area contributed by atoms with E-state index in [2.05, 4.69) is 62.4 Å². The summed E-state index contributed by atoms with van der Waals surface area (Å²) in [5.41, 5.74) is 3.44. The third-order valence-electron chi connectivity index (χ3n) is 7.20. The van der Waals surface area contributed by atoms with Gasteiger partial charge in [0.1, 0.15) is 11.2 Å². The van der Waals surface area contributed by atoms with Gasteiger partial charge in [-0.15, -0.1) is 0 Å². The van der Waals surface area contributed by atoms with E-state index in [-0.39, 0.29) is 5.78 Å². The Morgan fingerprint density at radius 1 is 0.853 bits per heavy atom. The van der Waals surface area contributed by atoms with Gasteiger partial charge in [-0.25, -0.2) is 0 Å². The SMILES string of the molecule is C/C=C1\OC(c2ccc(C)cc2)(c2ccc(C)cc2)C[C@@]12CN(Cc1ccccc1)C(=O)C2=O. The van der Waals surface area contributed by atoms with E-state index in [1.54, 1.807) is 4.90 Å². The van der Waals surface area contributed by atoms with E-state index in [4.69, 9.17) is 4.74 Å². The van der Waals surface area contributed by atoms with Crippen LogP contribution in [0.5, 0.6) is 0 Å². The third-order valence-corrected chi connectivity index (χ3v) is 7.20. The van der Waals surface area contributed by atoms with Crippen LogP contribution in [0.4, 0.5) is 0 Å². The zero-order chi connectivity index (χ0) is 23.9. The van der Waals surface area contributed by atoms with Crippen molar-refractivity contribution in [1.82, 2.24) is 4.90 Å². The fraction of sp³-hybridized carbons (Fsp3) is 0.267. The first kappa shape index (κ1) is 22.1. The molecule has 5 rings (SSSR count). The predicted octanol–water partition coefficient (Wildman–Crippen LogP) is 5.47. The molecule has 0 aromatic heterocycles. The highest BCUT2D eigenvalue weighted by Crippen LogP contribution is 2.57. The van der Waals surface area contributed by atoms with Crippen LogP contribution in [0, 0.1) is 19.3 Å². The first-order chi connectivity index (χ1) is 16.4. The largest absolute Gasteiger partial charge is 0.481 e. The van der Waals surface area contributed by atoms with E-state index in [1.807, 2.05) is 43.3 Å². The van der Waals surface area contributed by atoms with Gasteiger partial charge in [0.05, 0.1) is 0 Å². The molecule has 2 saturated heterocycles. The molecule has 3 aromatic carbocycles. The summed E-state index contributed by atoms with van der Waals surface area (Å²) in [6.45, 7) is 6.72. The van der Waals surface area contributed by atoms with Gasteiger partial charge in [0.15, 0.2) is 5.60 Å². The molecule has 0 unspecified atom stereocenters. The summed E-state index contributed by atoms with van der Waals surface area (Å²) in [4.78, 5) is 28.5. The van der Waals surface area contributed by atoms with E-state index in [0.29, 0.717) is 25.3 Å². The molecule has 172 valence electrons. The Balaban J connectivity index is 1.60. The number of hydrogen-bond donors (Lipinski definition) is 0. The number of carbonyl (C=O) groups excluding carboxylic acids is 2. The number of Topliss-reactive ketones (excluding diaryl/α,β-unsaturated/α-hetero) is 1. The molecule has 0 N–H and O–H groups in total. The lowest BCUT2D eigenvalue weighted by Gasteiger charge is -2.30. The molecule has 0 saturated carbocycles. The molecule has 4 nitrogen and oxygen atoms in total. The summed E-state index contributed by atoms with van der Waals surface area (Å²) in [6, 6.07) is 26.4. The number of benzene rings is 3. The third kappa shape index (κ3) is 3.45. The fourth-order valence-electron chi connectivity index (χ4n) is 5.38. The van der Waals surface area contributed by atoms with E-state index in [0.717, 1.165) is 27.8 Å². The molecule has 2 heterocycles. The monoisotopic (exact) mass is 451 g/mol. The molecule has 0 radical (unpaired) electrons. The molecule has 1 atom stereocenters. The molecule has 3 aromatic rings. The van der Waals surface area contributed by atoms with Crippen LogP contribution in [0.2, 0.25) is 0 Å². The molecule has 2 aliphatic heterocycles. The van der Waals surface area contributed by atoms with Crippen molar-refractivity contribution in [2.45, 2.75) is 39.3 Å². The maximum absolute atomic E-state index is 13.6. The van der Waals surface area contributed by atoms with Gasteiger partial charge >= 0.3 is 0 Å². The van der Waals surface area contributed by atoms with Crippen molar-refractivity contribution in [2.75, 3.05) is 6.54 Å². The van der Waals surface area contributed by atoms with Gasteiger partial charge in [0.25, 0.3) is 5.91 Å². The topological polar surface area (TPSA) is 46.6 Å². The predicted molar refractivity (Wildman–Crippen MR) is 132 cm³/mol. The van der Waals surface area contributed by atoms with Gasteiger partial charge in [0, 0.05) is 19.5 Å². The summed E-state index contributed by atoms with van der Waals surface area (Å²) in [5, 5.41) is 0. The molecule has 0 bridgehead atoms. The summed E-state index contributed by atoms with van der Waals surface area (Å²) >= 11 is 0. The molecule has 0 aliphatic carbocycles. The van der Waals surface area contributed by atoms with E-state index in [9.17, 15) is 9.59 Å². The van der Waals surface area contributed by atoms with Crippen molar-refractivity contribution < 1.29 is 14.3 Å². The molecule has 1 amide bonds. The Hall–Kier alpha value is -3.66. The number of aryl methyl sites for hydroxylation is 2. The lowest BCUT2D eigenvalue weighted by Crippen LogP contribution is -2.34. The minimum Gasteiger partial charge on any atom is -0.481 e. The summed E-state index contributed by atoms with van der Waals surface area (Å²) in [6.07, 6.45) is 2.25. The van der Waals surface area contributed by atoms with Gasteiger partial charge in [-0.3, -0.25) is 9.59 Å². The number of ether oxygens (including phenoxy) is 1. The van der Waals surface area contributed by atoms with Crippen molar-refractivity contribution in [3.05, 3.63) is 119 Å². The van der Waals surface area contributed by atoms with Crippen LogP contribution in [-0.4, -0.2) is 23.1 Å². The summed E-state index contributed by atoms with van der Waals surface area (Å²) in [5.74, 6) is -0.226. The Kier molecular flexibility index (Phi) is 5.40. The van der Waals surface area contributed by atoms with Crippen molar-refractivity contribution in [2.24, 2.45) is 5.41 Å². The number of nitrogens with zero attached hydrogens (tertiary/aromatic N) is 1. The van der Waals surface area contributed by atoms with Crippen LogP contribution in [-0.2, 0) is 26.5 Å². The number of allylic oxidation sites excluding steroid dienone is 1. The van der Waals surface area contributed by atoms with Gasteiger partial charge in [-0.2, -0.15) is 0 Å². The Bertz CT molecular complexity index is 1210. The second kappa shape index (κ2) is 8.28. The van der Waals surface area contributed by atoms with Gasteiger partial charge in [0.2, 0.25) is 5.78 Å². The van der Waals surface area contributed by atoms with Gasteiger partial charge in [-0.05, 0) is 43.5 Å². The average molecular weight is 452 g/mol. The minimum absolute atomic E-state index is 0.318. The molecular formula is C30H29NO3. The standard InChI is InChI=1S/C30H29NO3/c1-4-26-29(20-31(28(33)27(29)32)18-23-8-6-5-7-9-23)19-30(34-26,24-14-10-21(2)11-15-24)25-16-12-22(3)13-17-25/h4-17H,18-20H2,1-3H3/b26-4-/t29-/m1/s1. The van der Waals surface area contributed by atoms with E-state index in [1.165, 1.54) is 0 Å². The Morgan fingerprint density at radius 3 is 1.94 bits per heavy atom. The second-order valence-corrected chi connectivity index (χ2v) is 9.55. The van der Waals surface area contributed by atoms with Crippen molar-refractivity contribution in [3.63, 3.8) is 0 Å². The molecule has 34 heavy (non-hydrogen) atoms. The average Bonchev–Trinajstić information content (AvgIpc) is 3.31. The van der Waals surface area contributed by atoms with Crippen LogP contribution in [0.25, 0.3) is 0 Å². The number of hydrogen-bond acceptors (Lipinski definition) is 3. The van der Waals surface area contributed by atoms with Gasteiger partial charge < -0.3 is 9.64 Å². The summed E-state index contributed by atoms with van der Waals surface area (Å²) < 4.78 is 6.77. The first-order valence-electron chi connectivity index (χ1n) is 11.8. The summed E-state index contributed by atoms with van der Waals surface area (Å²) in [7, 11) is 0. The van der Waals surface area contributed by atoms with Crippen molar-refractivity contribution >= 4 is 11.7 Å². The van der Waals surface area contributed by atoms with Gasteiger partial charge in [-0.1, -0.05) is 90.0 Å². The number of carbonyl (C=O) groups is 2. The highest BCUT2D eigenvalue weighted by molar-refractivity contribution is 6.41.